The highest BCUT2D eigenvalue weighted by molar-refractivity contribution is 7.71. The summed E-state index contributed by atoms with van der Waals surface area (Å²) in [5, 5.41) is 3.02. The summed E-state index contributed by atoms with van der Waals surface area (Å²) in [4.78, 5) is 16.8. The number of aromatic amines is 2. The summed E-state index contributed by atoms with van der Waals surface area (Å²) in [6.45, 7) is 1.99. The van der Waals surface area contributed by atoms with Crippen LogP contribution in [0.1, 0.15) is 5.56 Å². The molecule has 0 fully saturated rings. The molecule has 0 spiro atoms. The molecule has 0 unspecified atom stereocenters. The highest BCUT2D eigenvalue weighted by Gasteiger charge is 1.99. The van der Waals surface area contributed by atoms with E-state index in [4.69, 9.17) is 12.2 Å². The van der Waals surface area contributed by atoms with Gasteiger partial charge in [-0.1, -0.05) is 12.1 Å². The van der Waals surface area contributed by atoms with Crippen LogP contribution in [0.2, 0.25) is 0 Å². The van der Waals surface area contributed by atoms with E-state index < -0.39 is 0 Å². The molecule has 0 aliphatic heterocycles. The Morgan fingerprint density at radius 3 is 2.88 bits per heavy atom. The Morgan fingerprint density at radius 1 is 1.38 bits per heavy atom. The van der Waals surface area contributed by atoms with Gasteiger partial charge in [0.1, 0.15) is 5.69 Å². The lowest BCUT2D eigenvalue weighted by Crippen LogP contribution is -2.12. The van der Waals surface area contributed by atoms with E-state index in [0.29, 0.717) is 10.5 Å². The normalized spacial score (nSPS) is 10.1. The molecule has 0 bridgehead atoms. The first kappa shape index (κ1) is 10.6. The summed E-state index contributed by atoms with van der Waals surface area (Å²) >= 11 is 4.81. The molecule has 0 amide bonds. The summed E-state index contributed by atoms with van der Waals surface area (Å²) in [6, 6.07) is 7.78. The molecule has 0 aliphatic rings. The first-order valence-electron chi connectivity index (χ1n) is 4.81. The van der Waals surface area contributed by atoms with Crippen LogP contribution in [0.5, 0.6) is 0 Å². The Hall–Kier alpha value is -1.88. The van der Waals surface area contributed by atoms with Crippen molar-refractivity contribution in [3.63, 3.8) is 0 Å². The fourth-order valence-corrected chi connectivity index (χ4v) is 1.53. The van der Waals surface area contributed by atoms with Crippen LogP contribution in [0.4, 0.5) is 11.4 Å². The number of rotatable bonds is 2. The number of aryl methyl sites for hydroxylation is 1. The van der Waals surface area contributed by atoms with Crippen molar-refractivity contribution < 1.29 is 0 Å². The molecule has 5 heteroatoms. The van der Waals surface area contributed by atoms with Crippen LogP contribution in [0.25, 0.3) is 0 Å². The minimum absolute atomic E-state index is 0.231. The van der Waals surface area contributed by atoms with E-state index in [-0.39, 0.29) is 5.56 Å². The molecule has 0 atom stereocenters. The van der Waals surface area contributed by atoms with E-state index in [1.165, 1.54) is 0 Å². The molecule has 3 N–H and O–H groups in total. The Morgan fingerprint density at radius 2 is 2.19 bits per heavy atom. The highest BCUT2D eigenvalue weighted by atomic mass is 32.1. The van der Waals surface area contributed by atoms with E-state index in [2.05, 4.69) is 15.3 Å². The smallest absolute Gasteiger partial charge is 0.275 e. The van der Waals surface area contributed by atoms with Crippen LogP contribution in [-0.2, 0) is 0 Å². The Kier molecular flexibility index (Phi) is 2.87. The number of hydrogen-bond donors (Lipinski definition) is 3. The van der Waals surface area contributed by atoms with Crippen molar-refractivity contribution in [2.45, 2.75) is 6.92 Å². The third-order valence-corrected chi connectivity index (χ3v) is 2.34. The summed E-state index contributed by atoms with van der Waals surface area (Å²) in [5.41, 5.74) is 2.21. The van der Waals surface area contributed by atoms with Crippen molar-refractivity contribution in [3.05, 3.63) is 51.2 Å². The largest absolute Gasteiger partial charge is 0.350 e. The van der Waals surface area contributed by atoms with Gasteiger partial charge < -0.3 is 10.3 Å². The SMILES string of the molecule is Cc1cccc(Nc2c[nH]c(=S)[nH]c2=O)c1. The molecule has 1 aromatic heterocycles. The van der Waals surface area contributed by atoms with Crippen LogP contribution in [-0.4, -0.2) is 9.97 Å². The summed E-state index contributed by atoms with van der Waals surface area (Å²) < 4.78 is 0.319. The fourth-order valence-electron chi connectivity index (χ4n) is 1.38. The molecule has 0 radical (unpaired) electrons. The van der Waals surface area contributed by atoms with E-state index in [9.17, 15) is 4.79 Å². The second kappa shape index (κ2) is 4.32. The van der Waals surface area contributed by atoms with Crippen LogP contribution in [0, 0.1) is 11.7 Å². The molecule has 16 heavy (non-hydrogen) atoms. The summed E-state index contributed by atoms with van der Waals surface area (Å²) in [6.07, 6.45) is 1.56. The first-order valence-corrected chi connectivity index (χ1v) is 5.22. The molecular formula is C11H11N3OS. The average molecular weight is 233 g/mol. The monoisotopic (exact) mass is 233 g/mol. The molecule has 0 saturated heterocycles. The van der Waals surface area contributed by atoms with Gasteiger partial charge in [-0.25, -0.2) is 0 Å². The molecule has 82 valence electrons. The summed E-state index contributed by atoms with van der Waals surface area (Å²) in [7, 11) is 0. The van der Waals surface area contributed by atoms with Crippen molar-refractivity contribution in [3.8, 4) is 0 Å². The van der Waals surface area contributed by atoms with Gasteiger partial charge in [-0.15, -0.1) is 0 Å². The average Bonchev–Trinajstić information content (AvgIpc) is 2.22. The zero-order valence-corrected chi connectivity index (χ0v) is 9.52. The van der Waals surface area contributed by atoms with Crippen molar-refractivity contribution >= 4 is 23.6 Å². The molecular weight excluding hydrogens is 222 g/mol. The zero-order valence-electron chi connectivity index (χ0n) is 8.70. The second-order valence-electron chi connectivity index (χ2n) is 3.48. The number of benzene rings is 1. The number of H-pyrrole nitrogens is 2. The van der Waals surface area contributed by atoms with Gasteiger partial charge in [-0.2, -0.15) is 0 Å². The predicted molar refractivity (Wildman–Crippen MR) is 66.7 cm³/mol. The Balaban J connectivity index is 2.34. The van der Waals surface area contributed by atoms with Crippen molar-refractivity contribution in [1.82, 2.24) is 9.97 Å². The Labute approximate surface area is 97.4 Å². The van der Waals surface area contributed by atoms with Gasteiger partial charge in [0, 0.05) is 11.9 Å². The lowest BCUT2D eigenvalue weighted by atomic mass is 10.2. The topological polar surface area (TPSA) is 60.7 Å². The van der Waals surface area contributed by atoms with Crippen molar-refractivity contribution in [1.29, 1.82) is 0 Å². The predicted octanol–water partition coefficient (Wildman–Crippen LogP) is 2.48. The van der Waals surface area contributed by atoms with Crippen molar-refractivity contribution in [2.24, 2.45) is 0 Å². The lowest BCUT2D eigenvalue weighted by Gasteiger charge is -2.05. The lowest BCUT2D eigenvalue weighted by molar-refractivity contribution is 1.09. The summed E-state index contributed by atoms with van der Waals surface area (Å²) in [5.74, 6) is 0. The number of hydrogen-bond acceptors (Lipinski definition) is 3. The van der Waals surface area contributed by atoms with E-state index in [0.717, 1.165) is 11.3 Å². The van der Waals surface area contributed by atoms with Gasteiger partial charge in [0.05, 0.1) is 0 Å². The molecule has 0 saturated carbocycles. The molecule has 0 aliphatic carbocycles. The van der Waals surface area contributed by atoms with Crippen molar-refractivity contribution in [2.75, 3.05) is 5.32 Å². The van der Waals surface area contributed by atoms with Crippen LogP contribution < -0.4 is 10.9 Å². The Bertz CT molecular complexity index is 615. The van der Waals surface area contributed by atoms with Crippen LogP contribution in [0.3, 0.4) is 0 Å². The second-order valence-corrected chi connectivity index (χ2v) is 3.89. The maximum atomic E-state index is 11.5. The third-order valence-electron chi connectivity index (χ3n) is 2.12. The quantitative estimate of drug-likeness (QED) is 0.698. The van der Waals surface area contributed by atoms with Gasteiger partial charge in [-0.05, 0) is 36.8 Å². The fraction of sp³-hybridized carbons (Fsp3) is 0.0909. The van der Waals surface area contributed by atoms with Crippen LogP contribution >= 0.6 is 12.2 Å². The molecule has 1 heterocycles. The van der Waals surface area contributed by atoms with Gasteiger partial charge in [0.15, 0.2) is 4.77 Å². The molecule has 1 aromatic carbocycles. The number of anilines is 2. The first-order chi connectivity index (χ1) is 7.65. The minimum Gasteiger partial charge on any atom is -0.350 e. The minimum atomic E-state index is -0.231. The van der Waals surface area contributed by atoms with E-state index in [1.54, 1.807) is 6.20 Å². The maximum Gasteiger partial charge on any atom is 0.275 e. The van der Waals surface area contributed by atoms with Gasteiger partial charge >= 0.3 is 0 Å². The van der Waals surface area contributed by atoms with Crippen LogP contribution in [0.15, 0.2) is 35.3 Å². The van der Waals surface area contributed by atoms with Gasteiger partial charge in [0.2, 0.25) is 0 Å². The van der Waals surface area contributed by atoms with E-state index >= 15 is 0 Å². The molecule has 2 rings (SSSR count). The highest BCUT2D eigenvalue weighted by Crippen LogP contribution is 2.13. The van der Waals surface area contributed by atoms with E-state index in [1.807, 2.05) is 31.2 Å². The van der Waals surface area contributed by atoms with Gasteiger partial charge in [0.25, 0.3) is 5.56 Å². The number of nitrogens with one attached hydrogen (secondary N) is 3. The number of aromatic nitrogens is 2. The van der Waals surface area contributed by atoms with Gasteiger partial charge in [-0.3, -0.25) is 9.78 Å². The zero-order chi connectivity index (χ0) is 11.5. The molecule has 4 nitrogen and oxygen atoms in total. The third kappa shape index (κ3) is 2.38. The molecule has 2 aromatic rings. The standard InChI is InChI=1S/C11H11N3OS/c1-7-3-2-4-8(5-7)13-9-6-12-11(16)14-10(9)15/h2-6,13H,1H3,(H2,12,14,15,16). The maximum absolute atomic E-state index is 11.5.